The van der Waals surface area contributed by atoms with Crippen molar-refractivity contribution in [3.63, 3.8) is 0 Å². The second-order valence-electron chi connectivity index (χ2n) is 17.4. The van der Waals surface area contributed by atoms with Crippen molar-refractivity contribution in [2.24, 2.45) is 23.7 Å². The number of nitrogens with one attached hydrogen (secondary N) is 3. The van der Waals surface area contributed by atoms with Crippen molar-refractivity contribution in [1.82, 2.24) is 25.8 Å². The third-order valence-corrected chi connectivity index (χ3v) is 12.6. The van der Waals surface area contributed by atoms with Gasteiger partial charge in [-0.3, -0.25) is 29.4 Å². The van der Waals surface area contributed by atoms with E-state index in [9.17, 15) is 19.2 Å². The SMILES string of the molecule is CCCCCCCC(c1ccccc1)[C@@H](C)NC(=O)[C@H](C)[C@@H](OC)[C@@H]1CCCN1C(=O)C[C@@H](OC)[C@H]([C@@H](C)CC)N(C)[C@H](C(=O)NC(=O)[C@@H](NC)C(C)C)C(C)C. The molecule has 3 N–H and O–H groups in total. The molecule has 1 fully saturated rings. The van der Waals surface area contributed by atoms with Crippen LogP contribution in [0.3, 0.4) is 0 Å². The number of hydrogen-bond acceptors (Lipinski definition) is 8. The monoisotopic (exact) mass is 800 g/mol. The minimum absolute atomic E-state index is 0.00438. The number of unbranched alkanes of at least 4 members (excludes halogenated alkanes) is 4. The Morgan fingerprint density at radius 3 is 2.05 bits per heavy atom. The van der Waals surface area contributed by atoms with E-state index in [1.54, 1.807) is 21.3 Å². The van der Waals surface area contributed by atoms with Crippen LogP contribution in [0.1, 0.15) is 138 Å². The Morgan fingerprint density at radius 1 is 0.860 bits per heavy atom. The van der Waals surface area contributed by atoms with E-state index in [1.165, 1.54) is 31.2 Å². The maximum absolute atomic E-state index is 14.4. The third-order valence-electron chi connectivity index (χ3n) is 12.6. The van der Waals surface area contributed by atoms with Crippen LogP contribution >= 0.6 is 0 Å². The summed E-state index contributed by atoms with van der Waals surface area (Å²) in [6.07, 6.45) is 8.45. The average molecular weight is 800 g/mol. The van der Waals surface area contributed by atoms with Crippen molar-refractivity contribution in [3.8, 4) is 0 Å². The van der Waals surface area contributed by atoms with Gasteiger partial charge in [-0.25, -0.2) is 0 Å². The Labute approximate surface area is 346 Å². The highest BCUT2D eigenvalue weighted by Gasteiger charge is 2.43. The second-order valence-corrected chi connectivity index (χ2v) is 17.4. The van der Waals surface area contributed by atoms with Gasteiger partial charge in [0, 0.05) is 38.8 Å². The summed E-state index contributed by atoms with van der Waals surface area (Å²) in [5, 5.41) is 9.04. The highest BCUT2D eigenvalue weighted by atomic mass is 16.5. The summed E-state index contributed by atoms with van der Waals surface area (Å²) in [7, 11) is 6.87. The molecule has 0 bridgehead atoms. The average Bonchev–Trinajstić information content (AvgIpc) is 3.66. The van der Waals surface area contributed by atoms with E-state index >= 15 is 0 Å². The largest absolute Gasteiger partial charge is 0.379 e. The highest BCUT2D eigenvalue weighted by molar-refractivity contribution is 6.00. The number of ether oxygens (including phenoxy) is 2. The van der Waals surface area contributed by atoms with Gasteiger partial charge in [0.1, 0.15) is 0 Å². The summed E-state index contributed by atoms with van der Waals surface area (Å²) in [5.41, 5.74) is 1.24. The summed E-state index contributed by atoms with van der Waals surface area (Å²) in [5.74, 6) is -1.18. The predicted octanol–water partition coefficient (Wildman–Crippen LogP) is 6.94. The molecule has 1 aliphatic rings. The highest BCUT2D eigenvalue weighted by Crippen LogP contribution is 2.31. The van der Waals surface area contributed by atoms with Gasteiger partial charge >= 0.3 is 0 Å². The molecule has 1 aromatic rings. The Morgan fingerprint density at radius 2 is 1.51 bits per heavy atom. The quantitative estimate of drug-likeness (QED) is 0.0861. The summed E-state index contributed by atoms with van der Waals surface area (Å²) >= 11 is 0. The number of carbonyl (C=O) groups is 4. The van der Waals surface area contributed by atoms with E-state index in [0.717, 1.165) is 32.1 Å². The molecule has 11 nitrogen and oxygen atoms in total. The number of likely N-dealkylation sites (tertiary alicyclic amines) is 1. The van der Waals surface area contributed by atoms with Gasteiger partial charge in [-0.1, -0.05) is 124 Å². The molecular weight excluding hydrogens is 719 g/mol. The van der Waals surface area contributed by atoms with Gasteiger partial charge in [-0.15, -0.1) is 0 Å². The van der Waals surface area contributed by atoms with E-state index in [2.05, 4.69) is 67.9 Å². The lowest BCUT2D eigenvalue weighted by Gasteiger charge is -2.43. The number of nitrogens with zero attached hydrogens (tertiary/aromatic N) is 2. The second kappa shape index (κ2) is 25.6. The molecule has 1 unspecified atom stereocenters. The van der Waals surface area contributed by atoms with Crippen LogP contribution < -0.4 is 16.0 Å². The predicted molar refractivity (Wildman–Crippen MR) is 231 cm³/mol. The maximum atomic E-state index is 14.4. The van der Waals surface area contributed by atoms with Gasteiger partial charge in [0.25, 0.3) is 0 Å². The first-order valence-electron chi connectivity index (χ1n) is 22.0. The number of rotatable bonds is 26. The molecule has 0 aromatic heterocycles. The number of carbonyl (C=O) groups excluding carboxylic acids is 4. The molecule has 1 heterocycles. The number of benzene rings is 1. The minimum Gasteiger partial charge on any atom is -0.379 e. The fourth-order valence-electron chi connectivity index (χ4n) is 9.21. The van der Waals surface area contributed by atoms with Crippen molar-refractivity contribution < 1.29 is 28.7 Å². The molecule has 1 saturated heterocycles. The molecule has 0 saturated carbocycles. The molecule has 0 aliphatic carbocycles. The van der Waals surface area contributed by atoms with Crippen LogP contribution in [-0.2, 0) is 28.7 Å². The van der Waals surface area contributed by atoms with E-state index in [-0.39, 0.29) is 71.8 Å². The lowest BCUT2D eigenvalue weighted by atomic mass is 9.86. The van der Waals surface area contributed by atoms with Crippen molar-refractivity contribution in [3.05, 3.63) is 35.9 Å². The van der Waals surface area contributed by atoms with Crippen LogP contribution in [0.25, 0.3) is 0 Å². The van der Waals surface area contributed by atoms with Crippen molar-refractivity contribution in [1.29, 1.82) is 0 Å². The van der Waals surface area contributed by atoms with Crippen molar-refractivity contribution >= 4 is 23.6 Å². The Balaban J connectivity index is 2.26. The molecule has 4 amide bonds. The summed E-state index contributed by atoms with van der Waals surface area (Å²) < 4.78 is 12.2. The summed E-state index contributed by atoms with van der Waals surface area (Å²) in [6.45, 7) is 18.8. The first-order valence-corrected chi connectivity index (χ1v) is 22.0. The number of hydrogen-bond donors (Lipinski definition) is 3. The van der Waals surface area contributed by atoms with Gasteiger partial charge in [0.05, 0.1) is 42.7 Å². The van der Waals surface area contributed by atoms with Crippen LogP contribution in [0.15, 0.2) is 30.3 Å². The Bertz CT molecular complexity index is 1340. The molecule has 1 aromatic carbocycles. The summed E-state index contributed by atoms with van der Waals surface area (Å²) in [6, 6.07) is 8.72. The lowest BCUT2D eigenvalue weighted by Crippen LogP contribution is -2.60. The van der Waals surface area contributed by atoms with Crippen LogP contribution in [-0.4, -0.2) is 111 Å². The molecule has 11 heteroatoms. The zero-order chi connectivity index (χ0) is 42.8. The minimum atomic E-state index is -0.632. The first kappa shape index (κ1) is 50.3. The number of methoxy groups -OCH3 is 2. The van der Waals surface area contributed by atoms with E-state index in [4.69, 9.17) is 9.47 Å². The smallest absolute Gasteiger partial charge is 0.244 e. The number of likely N-dealkylation sites (N-methyl/N-ethyl adjacent to an activating group) is 2. The zero-order valence-electron chi connectivity index (χ0n) is 37.9. The fourth-order valence-corrected chi connectivity index (χ4v) is 9.21. The summed E-state index contributed by atoms with van der Waals surface area (Å²) in [4.78, 5) is 59.1. The van der Waals surface area contributed by atoms with Crippen LogP contribution in [0.5, 0.6) is 0 Å². The normalized spacial score (nSPS) is 19.4. The topological polar surface area (TPSA) is 129 Å². The molecule has 10 atom stereocenters. The molecular formula is C46H81N5O6. The molecule has 57 heavy (non-hydrogen) atoms. The van der Waals surface area contributed by atoms with Gasteiger partial charge in [-0.05, 0) is 63.6 Å². The van der Waals surface area contributed by atoms with Gasteiger partial charge in [0.15, 0.2) is 0 Å². The Hall–Kier alpha value is -2.86. The van der Waals surface area contributed by atoms with Crippen LogP contribution in [0.4, 0.5) is 0 Å². The molecule has 326 valence electrons. The van der Waals surface area contributed by atoms with E-state index in [1.807, 2.05) is 57.5 Å². The van der Waals surface area contributed by atoms with Crippen molar-refractivity contribution in [2.45, 2.75) is 175 Å². The molecule has 1 aliphatic heterocycles. The number of amides is 4. The lowest BCUT2D eigenvalue weighted by molar-refractivity contribution is -0.144. The molecule has 0 spiro atoms. The fraction of sp³-hybridized carbons (Fsp3) is 0.783. The molecule has 0 radical (unpaired) electrons. The van der Waals surface area contributed by atoms with Gasteiger partial charge < -0.3 is 25.0 Å². The standard InChI is InChI=1S/C46H81N5O6/c1-14-16-17-18-22-26-36(35-24-20-19-21-25-35)34(9)48-44(53)33(8)43(57-13)37-27-23-28-51(37)39(52)29-38(56-12)42(32(7)15-2)50(11)41(31(5)6)46(55)49-45(54)40(47-10)30(3)4/h19-21,24-25,30-34,36-38,40-43,47H,14-18,22-23,26-29H2,1-13H3,(H,48,53)(H,49,54,55)/t32-,33+,34+,36?,37-,38+,40-,41-,42-,43+/m0/s1. The molecule has 2 rings (SSSR count). The van der Waals surface area contributed by atoms with Gasteiger partial charge in [0.2, 0.25) is 23.6 Å². The van der Waals surface area contributed by atoms with E-state index < -0.39 is 30.2 Å². The van der Waals surface area contributed by atoms with Crippen LogP contribution in [0.2, 0.25) is 0 Å². The number of imide groups is 1. The van der Waals surface area contributed by atoms with Gasteiger partial charge in [-0.2, -0.15) is 0 Å². The Kier molecular flexibility index (Phi) is 22.6. The van der Waals surface area contributed by atoms with E-state index in [0.29, 0.717) is 6.54 Å². The maximum Gasteiger partial charge on any atom is 0.244 e. The van der Waals surface area contributed by atoms with Crippen molar-refractivity contribution in [2.75, 3.05) is 34.9 Å². The van der Waals surface area contributed by atoms with Crippen LogP contribution in [0, 0.1) is 23.7 Å². The third kappa shape index (κ3) is 14.4. The first-order chi connectivity index (χ1) is 27.1. The zero-order valence-corrected chi connectivity index (χ0v) is 37.9.